The molecule has 0 heterocycles. The van der Waals surface area contributed by atoms with E-state index in [9.17, 15) is 0 Å². The molecule has 0 aliphatic heterocycles. The van der Waals surface area contributed by atoms with E-state index in [1.54, 1.807) is 0 Å². The number of hydrogen-bond donors (Lipinski definition) is 1. The maximum Gasteiger partial charge on any atom is 0.0251 e. The second-order valence-corrected chi connectivity index (χ2v) is 7.31. The minimum atomic E-state index is 0.724. The van der Waals surface area contributed by atoms with Crippen molar-refractivity contribution in [3.05, 3.63) is 0 Å². The third-order valence-electron chi connectivity index (χ3n) is 6.08. The van der Waals surface area contributed by atoms with Gasteiger partial charge in [0.2, 0.25) is 0 Å². The highest BCUT2D eigenvalue weighted by atomic mass is 15.2. The molecule has 2 aliphatic rings. The van der Waals surface area contributed by atoms with E-state index in [0.29, 0.717) is 0 Å². The van der Waals surface area contributed by atoms with Crippen LogP contribution in [0.2, 0.25) is 0 Å². The van der Waals surface area contributed by atoms with Crippen molar-refractivity contribution in [2.75, 3.05) is 13.6 Å². The lowest BCUT2D eigenvalue weighted by molar-refractivity contribution is 0.0440. The first-order chi connectivity index (χ1) is 9.67. The largest absolute Gasteiger partial charge is 0.313 e. The van der Waals surface area contributed by atoms with Crippen molar-refractivity contribution in [3.63, 3.8) is 0 Å². The number of nitrogens with zero attached hydrogens (tertiary/aromatic N) is 1. The van der Waals surface area contributed by atoms with E-state index in [1.807, 2.05) is 0 Å². The number of hydrogen-bond acceptors (Lipinski definition) is 2. The van der Waals surface area contributed by atoms with Crippen molar-refractivity contribution in [1.82, 2.24) is 10.2 Å². The molecule has 2 nitrogen and oxygen atoms in total. The van der Waals surface area contributed by atoms with Crippen molar-refractivity contribution in [3.8, 4) is 0 Å². The monoisotopic (exact) mass is 280 g/mol. The molecule has 0 spiro atoms. The van der Waals surface area contributed by atoms with Gasteiger partial charge in [-0.3, -0.25) is 4.90 Å². The van der Waals surface area contributed by atoms with Gasteiger partial charge in [0.1, 0.15) is 0 Å². The van der Waals surface area contributed by atoms with Crippen LogP contribution in [0.5, 0.6) is 0 Å². The lowest BCUT2D eigenvalue weighted by Gasteiger charge is -2.47. The minimum absolute atomic E-state index is 0.724. The van der Waals surface area contributed by atoms with E-state index in [0.717, 1.165) is 36.5 Å². The highest BCUT2D eigenvalue weighted by molar-refractivity contribution is 4.93. The SMILES string of the molecule is CCNC1CCC(CC)CC1N(C)C1CCCCC1C. The van der Waals surface area contributed by atoms with Crippen LogP contribution in [0, 0.1) is 11.8 Å². The second-order valence-electron chi connectivity index (χ2n) is 7.31. The zero-order valence-electron chi connectivity index (χ0n) is 14.2. The van der Waals surface area contributed by atoms with Gasteiger partial charge < -0.3 is 5.32 Å². The summed E-state index contributed by atoms with van der Waals surface area (Å²) in [4.78, 5) is 2.78. The molecule has 0 aromatic rings. The van der Waals surface area contributed by atoms with Gasteiger partial charge in [-0.15, -0.1) is 0 Å². The van der Waals surface area contributed by atoms with Gasteiger partial charge in [-0.1, -0.05) is 40.0 Å². The van der Waals surface area contributed by atoms with Gasteiger partial charge in [-0.05, 0) is 57.5 Å². The fraction of sp³-hybridized carbons (Fsp3) is 1.00. The van der Waals surface area contributed by atoms with Crippen LogP contribution >= 0.6 is 0 Å². The maximum absolute atomic E-state index is 3.77. The third kappa shape index (κ3) is 3.76. The van der Waals surface area contributed by atoms with Gasteiger partial charge >= 0.3 is 0 Å². The molecule has 5 unspecified atom stereocenters. The summed E-state index contributed by atoms with van der Waals surface area (Å²) in [6.07, 6.45) is 11.3. The molecule has 0 aromatic heterocycles. The summed E-state index contributed by atoms with van der Waals surface area (Å²) in [5.74, 6) is 1.84. The van der Waals surface area contributed by atoms with Crippen LogP contribution in [0.3, 0.4) is 0 Å². The van der Waals surface area contributed by atoms with E-state index in [2.05, 4.69) is 38.0 Å². The Kier molecular flexibility index (Phi) is 6.35. The standard InChI is InChI=1S/C18H36N2/c1-5-15-11-12-16(19-6-2)18(13-15)20(4)17-10-8-7-9-14(17)3/h14-19H,5-13H2,1-4H3. The summed E-state index contributed by atoms with van der Waals surface area (Å²) in [6.45, 7) is 8.22. The van der Waals surface area contributed by atoms with Gasteiger partial charge in [0.25, 0.3) is 0 Å². The van der Waals surface area contributed by atoms with Gasteiger partial charge in [0.05, 0.1) is 0 Å². The summed E-state index contributed by atoms with van der Waals surface area (Å²) >= 11 is 0. The molecule has 2 heteroatoms. The normalized spacial score (nSPS) is 39.1. The summed E-state index contributed by atoms with van der Waals surface area (Å²) < 4.78 is 0. The molecule has 2 fully saturated rings. The lowest BCUT2D eigenvalue weighted by atomic mass is 9.78. The van der Waals surface area contributed by atoms with E-state index < -0.39 is 0 Å². The third-order valence-corrected chi connectivity index (χ3v) is 6.08. The molecule has 118 valence electrons. The van der Waals surface area contributed by atoms with E-state index in [1.165, 1.54) is 51.4 Å². The molecule has 0 amide bonds. The molecule has 1 N–H and O–H groups in total. The highest BCUT2D eigenvalue weighted by Crippen LogP contribution is 2.35. The lowest BCUT2D eigenvalue weighted by Crippen LogP contribution is -2.56. The molecule has 0 bridgehead atoms. The Bertz CT molecular complexity index is 279. The van der Waals surface area contributed by atoms with Crippen LogP contribution in [0.25, 0.3) is 0 Å². The average Bonchev–Trinajstić information content (AvgIpc) is 2.48. The topological polar surface area (TPSA) is 15.3 Å². The molecule has 0 saturated heterocycles. The van der Waals surface area contributed by atoms with Crippen LogP contribution in [-0.4, -0.2) is 36.6 Å². The zero-order valence-corrected chi connectivity index (χ0v) is 14.2. The molecule has 0 radical (unpaired) electrons. The summed E-state index contributed by atoms with van der Waals surface area (Å²) in [5, 5.41) is 3.77. The second kappa shape index (κ2) is 7.79. The van der Waals surface area contributed by atoms with E-state index in [4.69, 9.17) is 0 Å². The number of rotatable bonds is 5. The Morgan fingerprint density at radius 1 is 1.00 bits per heavy atom. The smallest absolute Gasteiger partial charge is 0.0251 e. The van der Waals surface area contributed by atoms with Crippen molar-refractivity contribution < 1.29 is 0 Å². The Balaban J connectivity index is 2.03. The van der Waals surface area contributed by atoms with Gasteiger partial charge in [-0.25, -0.2) is 0 Å². The molecule has 20 heavy (non-hydrogen) atoms. The van der Waals surface area contributed by atoms with Crippen LogP contribution in [0.15, 0.2) is 0 Å². The molecular formula is C18H36N2. The van der Waals surface area contributed by atoms with Gasteiger partial charge in [0.15, 0.2) is 0 Å². The molecular weight excluding hydrogens is 244 g/mol. The average molecular weight is 280 g/mol. The predicted octanol–water partition coefficient (Wildman–Crippen LogP) is 4.05. The molecule has 2 aliphatic carbocycles. The number of likely N-dealkylation sites (N-methyl/N-ethyl adjacent to an activating group) is 2. The summed E-state index contributed by atoms with van der Waals surface area (Å²) in [5.41, 5.74) is 0. The Labute approximate surface area is 126 Å². The minimum Gasteiger partial charge on any atom is -0.313 e. The Morgan fingerprint density at radius 3 is 2.40 bits per heavy atom. The molecule has 0 aromatic carbocycles. The van der Waals surface area contributed by atoms with E-state index in [-0.39, 0.29) is 0 Å². The fourth-order valence-electron chi connectivity index (χ4n) is 4.70. The molecule has 2 saturated carbocycles. The first kappa shape index (κ1) is 16.3. The maximum atomic E-state index is 3.77. The van der Waals surface area contributed by atoms with Crippen molar-refractivity contribution in [2.45, 2.75) is 90.3 Å². The molecule has 5 atom stereocenters. The highest BCUT2D eigenvalue weighted by Gasteiger charge is 2.36. The van der Waals surface area contributed by atoms with Crippen LogP contribution in [0.4, 0.5) is 0 Å². The van der Waals surface area contributed by atoms with Gasteiger partial charge in [-0.2, -0.15) is 0 Å². The summed E-state index contributed by atoms with van der Waals surface area (Å²) in [7, 11) is 2.42. The summed E-state index contributed by atoms with van der Waals surface area (Å²) in [6, 6.07) is 2.31. The first-order valence-electron chi connectivity index (χ1n) is 9.12. The van der Waals surface area contributed by atoms with Crippen LogP contribution in [-0.2, 0) is 0 Å². The van der Waals surface area contributed by atoms with Crippen LogP contribution < -0.4 is 5.32 Å². The van der Waals surface area contributed by atoms with Gasteiger partial charge in [0, 0.05) is 18.1 Å². The van der Waals surface area contributed by atoms with E-state index >= 15 is 0 Å². The van der Waals surface area contributed by atoms with Crippen molar-refractivity contribution >= 4 is 0 Å². The Morgan fingerprint density at radius 2 is 1.75 bits per heavy atom. The number of nitrogens with one attached hydrogen (secondary N) is 1. The zero-order chi connectivity index (χ0) is 14.5. The van der Waals surface area contributed by atoms with Crippen molar-refractivity contribution in [2.24, 2.45) is 11.8 Å². The Hall–Kier alpha value is -0.0800. The fourth-order valence-corrected chi connectivity index (χ4v) is 4.70. The quantitative estimate of drug-likeness (QED) is 0.817. The predicted molar refractivity (Wildman–Crippen MR) is 88.1 cm³/mol. The molecule has 2 rings (SSSR count). The van der Waals surface area contributed by atoms with Crippen LogP contribution in [0.1, 0.15) is 72.1 Å². The van der Waals surface area contributed by atoms with Crippen molar-refractivity contribution in [1.29, 1.82) is 0 Å². The first-order valence-corrected chi connectivity index (χ1v) is 9.12.